The Bertz CT molecular complexity index is 470. The Morgan fingerprint density at radius 3 is 2.57 bits per heavy atom. The van der Waals surface area contributed by atoms with Gasteiger partial charge in [-0.1, -0.05) is 19.4 Å². The van der Waals surface area contributed by atoms with Crippen LogP contribution in [-0.4, -0.2) is 18.8 Å². The van der Waals surface area contributed by atoms with Gasteiger partial charge in [0.05, 0.1) is 17.7 Å². The molecule has 4 heteroatoms. The summed E-state index contributed by atoms with van der Waals surface area (Å²) in [6.07, 6.45) is 5.07. The Morgan fingerprint density at radius 2 is 2.10 bits per heavy atom. The summed E-state index contributed by atoms with van der Waals surface area (Å²) in [7, 11) is 1.64. The highest BCUT2D eigenvalue weighted by Gasteiger charge is 2.40. The number of aliphatic hydroxyl groups excluding tert-OH is 1. The Morgan fingerprint density at radius 1 is 1.43 bits per heavy atom. The quantitative estimate of drug-likeness (QED) is 0.837. The first-order valence-corrected chi connectivity index (χ1v) is 8.57. The third kappa shape index (κ3) is 3.43. The van der Waals surface area contributed by atoms with Crippen LogP contribution < -0.4 is 10.5 Å². The van der Waals surface area contributed by atoms with Gasteiger partial charge < -0.3 is 15.6 Å². The van der Waals surface area contributed by atoms with Gasteiger partial charge >= 0.3 is 0 Å². The van der Waals surface area contributed by atoms with Crippen molar-refractivity contribution in [2.45, 2.75) is 45.1 Å². The van der Waals surface area contributed by atoms with E-state index in [4.69, 9.17) is 10.5 Å². The molecule has 1 aromatic rings. The minimum atomic E-state index is -0.512. The molecule has 1 unspecified atom stereocenters. The highest BCUT2D eigenvalue weighted by atomic mass is 79.9. The minimum absolute atomic E-state index is 0.181. The third-order valence-electron chi connectivity index (χ3n) is 5.16. The van der Waals surface area contributed by atoms with E-state index in [2.05, 4.69) is 22.9 Å². The molecule has 0 aliphatic heterocycles. The molecule has 0 bridgehead atoms. The van der Waals surface area contributed by atoms with Gasteiger partial charge in [-0.15, -0.1) is 0 Å². The Kier molecular flexibility index (Phi) is 5.69. The normalized spacial score (nSPS) is 27.4. The SMILES string of the molecule is CCC1CCC(CN)(C(O)c2ccc(OC)c(Br)c2)CC1. The predicted molar refractivity (Wildman–Crippen MR) is 89.4 cm³/mol. The van der Waals surface area contributed by atoms with Gasteiger partial charge in [-0.05, 0) is 65.2 Å². The van der Waals surface area contributed by atoms with E-state index in [1.165, 1.54) is 19.3 Å². The number of nitrogens with two attached hydrogens (primary N) is 1. The van der Waals surface area contributed by atoms with Gasteiger partial charge in [-0.2, -0.15) is 0 Å². The molecule has 0 radical (unpaired) electrons. The van der Waals surface area contributed by atoms with Crippen LogP contribution in [-0.2, 0) is 0 Å². The zero-order chi connectivity index (χ0) is 15.5. The van der Waals surface area contributed by atoms with Crippen molar-refractivity contribution in [1.82, 2.24) is 0 Å². The Labute approximate surface area is 136 Å². The molecule has 3 N–H and O–H groups in total. The number of benzene rings is 1. The van der Waals surface area contributed by atoms with Crippen LogP contribution in [0, 0.1) is 11.3 Å². The fraction of sp³-hybridized carbons (Fsp3) is 0.647. The second-order valence-electron chi connectivity index (χ2n) is 6.21. The van der Waals surface area contributed by atoms with E-state index in [1.807, 2.05) is 18.2 Å². The van der Waals surface area contributed by atoms with E-state index >= 15 is 0 Å². The summed E-state index contributed by atoms with van der Waals surface area (Å²) in [5.41, 5.74) is 6.80. The summed E-state index contributed by atoms with van der Waals surface area (Å²) >= 11 is 3.49. The second-order valence-corrected chi connectivity index (χ2v) is 7.07. The number of aliphatic hydroxyl groups is 1. The van der Waals surface area contributed by atoms with Gasteiger partial charge in [0.15, 0.2) is 0 Å². The van der Waals surface area contributed by atoms with E-state index in [0.717, 1.165) is 34.5 Å². The van der Waals surface area contributed by atoms with Gasteiger partial charge in [0, 0.05) is 12.0 Å². The second kappa shape index (κ2) is 7.12. The van der Waals surface area contributed by atoms with Crippen LogP contribution in [0.5, 0.6) is 5.75 Å². The monoisotopic (exact) mass is 355 g/mol. The van der Waals surface area contributed by atoms with Gasteiger partial charge in [-0.25, -0.2) is 0 Å². The van der Waals surface area contributed by atoms with E-state index in [9.17, 15) is 5.11 Å². The standard InChI is InChI=1S/C17H26BrNO2/c1-3-12-6-8-17(11-19,9-7-12)16(20)13-4-5-15(21-2)14(18)10-13/h4-5,10,12,16,20H,3,6-9,11,19H2,1-2H3. The maximum absolute atomic E-state index is 10.9. The summed E-state index contributed by atoms with van der Waals surface area (Å²) < 4.78 is 6.12. The molecule has 3 nitrogen and oxygen atoms in total. The van der Waals surface area contributed by atoms with E-state index in [1.54, 1.807) is 7.11 Å². The molecule has 1 aliphatic carbocycles. The first-order valence-electron chi connectivity index (χ1n) is 7.78. The van der Waals surface area contributed by atoms with Crippen molar-refractivity contribution < 1.29 is 9.84 Å². The molecule has 2 rings (SSSR count). The highest BCUT2D eigenvalue weighted by Crippen LogP contribution is 2.48. The first kappa shape index (κ1) is 16.8. The summed E-state index contributed by atoms with van der Waals surface area (Å²) in [5.74, 6) is 1.57. The molecule has 0 amide bonds. The molecule has 0 saturated heterocycles. The molecular weight excluding hydrogens is 330 g/mol. The van der Waals surface area contributed by atoms with E-state index in [-0.39, 0.29) is 5.41 Å². The topological polar surface area (TPSA) is 55.5 Å². The lowest BCUT2D eigenvalue weighted by molar-refractivity contribution is -0.0103. The molecule has 118 valence electrons. The fourth-order valence-corrected chi connectivity index (χ4v) is 4.01. The van der Waals surface area contributed by atoms with Crippen LogP contribution in [0.15, 0.2) is 22.7 Å². The molecule has 1 aliphatic rings. The average Bonchev–Trinajstić information content (AvgIpc) is 2.54. The number of ether oxygens (including phenoxy) is 1. The molecule has 21 heavy (non-hydrogen) atoms. The minimum Gasteiger partial charge on any atom is -0.496 e. The molecule has 1 atom stereocenters. The van der Waals surface area contributed by atoms with Crippen molar-refractivity contribution in [3.8, 4) is 5.75 Å². The van der Waals surface area contributed by atoms with Gasteiger partial charge in [0.1, 0.15) is 5.75 Å². The van der Waals surface area contributed by atoms with Crippen LogP contribution in [0.2, 0.25) is 0 Å². The lowest BCUT2D eigenvalue weighted by atomic mass is 9.65. The predicted octanol–water partition coefficient (Wildman–Crippen LogP) is 4.04. The van der Waals surface area contributed by atoms with E-state index in [0.29, 0.717) is 6.54 Å². The van der Waals surface area contributed by atoms with Crippen LogP contribution >= 0.6 is 15.9 Å². The Balaban J connectivity index is 2.20. The lowest BCUT2D eigenvalue weighted by Gasteiger charge is -2.43. The molecular formula is C17H26BrNO2. The molecule has 1 fully saturated rings. The van der Waals surface area contributed by atoms with Crippen molar-refractivity contribution in [2.24, 2.45) is 17.1 Å². The summed E-state index contributed by atoms with van der Waals surface area (Å²) in [6.45, 7) is 2.78. The maximum Gasteiger partial charge on any atom is 0.133 e. The van der Waals surface area contributed by atoms with Crippen LogP contribution in [0.25, 0.3) is 0 Å². The van der Waals surface area contributed by atoms with Crippen LogP contribution in [0.4, 0.5) is 0 Å². The maximum atomic E-state index is 10.9. The number of rotatable bonds is 5. The van der Waals surface area contributed by atoms with Crippen molar-refractivity contribution >= 4 is 15.9 Å². The largest absolute Gasteiger partial charge is 0.496 e. The van der Waals surface area contributed by atoms with Crippen molar-refractivity contribution in [2.75, 3.05) is 13.7 Å². The van der Waals surface area contributed by atoms with Crippen molar-refractivity contribution in [3.05, 3.63) is 28.2 Å². The number of methoxy groups -OCH3 is 1. The third-order valence-corrected chi connectivity index (χ3v) is 5.78. The highest BCUT2D eigenvalue weighted by molar-refractivity contribution is 9.10. The molecule has 0 heterocycles. The first-order chi connectivity index (χ1) is 10.1. The van der Waals surface area contributed by atoms with Crippen molar-refractivity contribution in [3.63, 3.8) is 0 Å². The molecule has 1 aromatic carbocycles. The van der Waals surface area contributed by atoms with Gasteiger partial charge in [0.2, 0.25) is 0 Å². The van der Waals surface area contributed by atoms with Crippen molar-refractivity contribution in [1.29, 1.82) is 0 Å². The molecule has 1 saturated carbocycles. The van der Waals surface area contributed by atoms with Crippen LogP contribution in [0.3, 0.4) is 0 Å². The number of hydrogen-bond acceptors (Lipinski definition) is 3. The summed E-state index contributed by atoms with van der Waals surface area (Å²) in [5, 5.41) is 10.9. The fourth-order valence-electron chi connectivity index (χ4n) is 3.46. The van der Waals surface area contributed by atoms with Gasteiger partial charge in [-0.3, -0.25) is 0 Å². The van der Waals surface area contributed by atoms with Gasteiger partial charge in [0.25, 0.3) is 0 Å². The zero-order valence-corrected chi connectivity index (χ0v) is 14.5. The van der Waals surface area contributed by atoms with Crippen LogP contribution in [0.1, 0.15) is 50.7 Å². The summed E-state index contributed by atoms with van der Waals surface area (Å²) in [4.78, 5) is 0. The molecule has 0 spiro atoms. The van der Waals surface area contributed by atoms with E-state index < -0.39 is 6.10 Å². The summed E-state index contributed by atoms with van der Waals surface area (Å²) in [6, 6.07) is 5.79. The smallest absolute Gasteiger partial charge is 0.133 e. The average molecular weight is 356 g/mol. The number of halogens is 1. The molecule has 0 aromatic heterocycles. The number of hydrogen-bond donors (Lipinski definition) is 2. The Hall–Kier alpha value is -0.580. The zero-order valence-electron chi connectivity index (χ0n) is 12.9. The lowest BCUT2D eigenvalue weighted by Crippen LogP contribution is -2.40.